The number of aliphatic imine (C=N–C) groups is 1. The summed E-state index contributed by atoms with van der Waals surface area (Å²) in [5.41, 5.74) is 4.26. The van der Waals surface area contributed by atoms with Crippen LogP contribution in [0.4, 0.5) is 16.2 Å². The third kappa shape index (κ3) is 9.18. The highest BCUT2D eigenvalue weighted by Crippen LogP contribution is 2.31. The minimum absolute atomic E-state index is 0.215. The van der Waals surface area contributed by atoms with Gasteiger partial charge >= 0.3 is 6.16 Å². The number of fused-ring (bicyclic) bond motifs is 1. The van der Waals surface area contributed by atoms with Crippen LogP contribution < -0.4 is 9.64 Å². The standard InChI is InChI=1S/C28H36BClIN3O5/c1-21-6-5-7-25(27(21)30)34-15-13-33(14-16-34)12-3-4-17-36-23-10-8-22-9-11-26(32-24(22)18-23)38-20-39-28(35)37-19-29(2)31/h5-8,10,18H,3-4,9,11-17,19-20H2,1-2H3. The molecule has 0 radical (unpaired) electrons. The highest BCUT2D eigenvalue weighted by molar-refractivity contribution is 14.1. The van der Waals surface area contributed by atoms with E-state index in [1.54, 1.807) is 0 Å². The summed E-state index contributed by atoms with van der Waals surface area (Å²) in [4.78, 5) is 21.1. The lowest BCUT2D eigenvalue weighted by atomic mass is 9.84. The monoisotopic (exact) mass is 667 g/mol. The maximum absolute atomic E-state index is 11.6. The number of halogens is 2. The number of unbranched alkanes of at least 4 members (excludes halogenated alkanes) is 1. The van der Waals surface area contributed by atoms with Crippen molar-refractivity contribution in [2.75, 3.05) is 57.5 Å². The van der Waals surface area contributed by atoms with Crippen LogP contribution in [0, 0.1) is 6.92 Å². The number of anilines is 1. The number of aryl methyl sites for hydroxylation is 2. The zero-order valence-electron chi connectivity index (χ0n) is 22.7. The highest BCUT2D eigenvalue weighted by Gasteiger charge is 2.19. The number of benzene rings is 2. The summed E-state index contributed by atoms with van der Waals surface area (Å²) in [5, 5.41) is 0.868. The van der Waals surface area contributed by atoms with Gasteiger partial charge < -0.3 is 23.8 Å². The molecule has 2 aromatic carbocycles. The number of hydrogen-bond acceptors (Lipinski definition) is 8. The molecule has 2 aliphatic heterocycles. The molecule has 0 aromatic heterocycles. The van der Waals surface area contributed by atoms with Gasteiger partial charge in [0.25, 0.3) is 4.57 Å². The van der Waals surface area contributed by atoms with Crippen LogP contribution in [0.25, 0.3) is 0 Å². The third-order valence-corrected chi connectivity index (χ3v) is 7.62. The molecule has 0 atom stereocenters. The van der Waals surface area contributed by atoms with Crippen molar-refractivity contribution in [2.24, 2.45) is 4.99 Å². The van der Waals surface area contributed by atoms with Crippen LogP contribution in [-0.4, -0.2) is 74.2 Å². The van der Waals surface area contributed by atoms with Crippen LogP contribution in [0.1, 0.15) is 30.4 Å². The number of rotatable bonds is 11. The first-order chi connectivity index (χ1) is 18.9. The van der Waals surface area contributed by atoms with Gasteiger partial charge in [0.05, 0.1) is 29.5 Å². The molecule has 0 spiro atoms. The van der Waals surface area contributed by atoms with Crippen LogP contribution >= 0.6 is 34.0 Å². The van der Waals surface area contributed by atoms with E-state index in [0.29, 0.717) is 25.4 Å². The summed E-state index contributed by atoms with van der Waals surface area (Å²) in [6.07, 6.45) is 2.81. The van der Waals surface area contributed by atoms with Gasteiger partial charge in [0, 0.05) is 38.7 Å². The van der Waals surface area contributed by atoms with Gasteiger partial charge in [-0.05, 0) is 56.0 Å². The molecule has 0 aliphatic carbocycles. The normalized spacial score (nSPS) is 15.3. The van der Waals surface area contributed by atoms with E-state index >= 15 is 0 Å². The van der Waals surface area contributed by atoms with Crippen LogP contribution in [0.3, 0.4) is 0 Å². The van der Waals surface area contributed by atoms with E-state index in [1.165, 1.54) is 0 Å². The first-order valence-corrected chi connectivity index (χ1v) is 15.1. The fraction of sp³-hybridized carbons (Fsp3) is 0.500. The van der Waals surface area contributed by atoms with Crippen molar-refractivity contribution in [3.63, 3.8) is 0 Å². The Kier molecular flexibility index (Phi) is 11.5. The van der Waals surface area contributed by atoms with Crippen molar-refractivity contribution in [1.29, 1.82) is 0 Å². The molecule has 2 aliphatic rings. The Morgan fingerprint density at radius 1 is 1.08 bits per heavy atom. The molecule has 4 rings (SSSR count). The van der Waals surface area contributed by atoms with E-state index in [1.807, 2.05) is 19.0 Å². The topological polar surface area (TPSA) is 72.8 Å². The number of ether oxygens (including phenoxy) is 4. The van der Waals surface area contributed by atoms with Crippen LogP contribution in [0.2, 0.25) is 11.8 Å². The van der Waals surface area contributed by atoms with E-state index in [9.17, 15) is 4.79 Å². The summed E-state index contributed by atoms with van der Waals surface area (Å²) >= 11 is 8.70. The summed E-state index contributed by atoms with van der Waals surface area (Å²) in [6.45, 7) is 9.90. The predicted octanol–water partition coefficient (Wildman–Crippen LogP) is 6.33. The van der Waals surface area contributed by atoms with Gasteiger partial charge in [-0.3, -0.25) is 4.90 Å². The number of carbonyl (C=O) groups is 1. The van der Waals surface area contributed by atoms with E-state index < -0.39 is 6.16 Å². The van der Waals surface area contributed by atoms with Gasteiger partial charge in [0.2, 0.25) is 6.79 Å². The van der Waals surface area contributed by atoms with Crippen molar-refractivity contribution in [2.45, 2.75) is 39.4 Å². The molecule has 2 aromatic rings. The molecule has 0 amide bonds. The third-order valence-electron chi connectivity index (χ3n) is 6.77. The lowest BCUT2D eigenvalue weighted by Crippen LogP contribution is -2.46. The van der Waals surface area contributed by atoms with E-state index in [-0.39, 0.29) is 11.4 Å². The van der Waals surface area contributed by atoms with Crippen molar-refractivity contribution >= 4 is 62.0 Å². The lowest BCUT2D eigenvalue weighted by Gasteiger charge is -2.36. The SMILES string of the molecule is CB(I)COC(=O)OCOC1=Nc2cc(OCCCCN3CCN(c4cccc(C)c4Cl)CC3)ccc2CC1. The molecule has 39 heavy (non-hydrogen) atoms. The fourth-order valence-corrected chi connectivity index (χ4v) is 5.00. The zero-order valence-corrected chi connectivity index (χ0v) is 25.6. The second-order valence-corrected chi connectivity index (χ2v) is 12.3. The average Bonchev–Trinajstić information content (AvgIpc) is 2.93. The first-order valence-electron chi connectivity index (χ1n) is 13.5. The second kappa shape index (κ2) is 15.0. The quantitative estimate of drug-likeness (QED) is 0.0913. The number of carbonyl (C=O) groups excluding carboxylic acids is 1. The van der Waals surface area contributed by atoms with E-state index in [0.717, 1.165) is 85.3 Å². The maximum Gasteiger partial charge on any atom is 0.510 e. The van der Waals surface area contributed by atoms with Gasteiger partial charge in [-0.25, -0.2) is 9.79 Å². The Morgan fingerprint density at radius 3 is 2.69 bits per heavy atom. The zero-order chi connectivity index (χ0) is 27.6. The molecule has 0 bridgehead atoms. The molecule has 1 saturated heterocycles. The fourth-order valence-electron chi connectivity index (χ4n) is 4.57. The summed E-state index contributed by atoms with van der Waals surface area (Å²) in [5.74, 6) is 1.34. The van der Waals surface area contributed by atoms with Crippen molar-refractivity contribution in [3.8, 4) is 5.75 Å². The van der Waals surface area contributed by atoms with Gasteiger partial charge in [-0.1, -0.05) is 36.6 Å². The lowest BCUT2D eigenvalue weighted by molar-refractivity contribution is 0.00550. The first kappa shape index (κ1) is 29.8. The van der Waals surface area contributed by atoms with Crippen molar-refractivity contribution in [3.05, 3.63) is 52.5 Å². The predicted molar refractivity (Wildman–Crippen MR) is 165 cm³/mol. The number of piperazine rings is 1. The van der Waals surface area contributed by atoms with Crippen molar-refractivity contribution in [1.82, 2.24) is 4.90 Å². The summed E-state index contributed by atoms with van der Waals surface area (Å²) in [7, 11) is 0. The maximum atomic E-state index is 11.6. The Hall–Kier alpha value is -2.18. The van der Waals surface area contributed by atoms with E-state index in [4.69, 9.17) is 30.5 Å². The molecule has 2 heterocycles. The molecule has 0 saturated carbocycles. The summed E-state index contributed by atoms with van der Waals surface area (Å²) in [6, 6.07) is 12.3. The molecular formula is C28H36BClIN3O5. The Labute approximate surface area is 249 Å². The number of nitrogens with zero attached hydrogens (tertiary/aromatic N) is 3. The molecule has 210 valence electrons. The van der Waals surface area contributed by atoms with Crippen LogP contribution in [-0.2, 0) is 20.6 Å². The Balaban J connectivity index is 1.14. The van der Waals surface area contributed by atoms with Gasteiger partial charge in [-0.15, -0.1) is 22.4 Å². The Morgan fingerprint density at radius 2 is 1.90 bits per heavy atom. The van der Waals surface area contributed by atoms with Gasteiger partial charge in [0.1, 0.15) is 5.75 Å². The number of hydrogen-bond donors (Lipinski definition) is 0. The van der Waals surface area contributed by atoms with E-state index in [2.05, 4.69) is 68.4 Å². The van der Waals surface area contributed by atoms with Gasteiger partial charge in [0.15, 0.2) is 5.90 Å². The van der Waals surface area contributed by atoms with Crippen molar-refractivity contribution < 1.29 is 23.7 Å². The largest absolute Gasteiger partial charge is 0.510 e. The molecule has 1 fully saturated rings. The minimum atomic E-state index is -0.736. The highest BCUT2D eigenvalue weighted by atomic mass is 127. The van der Waals surface area contributed by atoms with Crippen LogP contribution in [0.15, 0.2) is 41.4 Å². The second-order valence-electron chi connectivity index (χ2n) is 9.84. The van der Waals surface area contributed by atoms with Gasteiger partial charge in [-0.2, -0.15) is 0 Å². The molecule has 8 nitrogen and oxygen atoms in total. The summed E-state index contributed by atoms with van der Waals surface area (Å²) < 4.78 is 21.7. The molecule has 0 N–H and O–H groups in total. The average molecular weight is 668 g/mol. The molecule has 11 heteroatoms. The minimum Gasteiger partial charge on any atom is -0.494 e. The molecular weight excluding hydrogens is 631 g/mol. The molecule has 0 unspecified atom stereocenters. The smallest absolute Gasteiger partial charge is 0.494 e. The Bertz CT molecular complexity index is 1140. The van der Waals surface area contributed by atoms with Crippen LogP contribution in [0.5, 0.6) is 5.75 Å².